The van der Waals surface area contributed by atoms with Gasteiger partial charge in [0, 0.05) is 75.3 Å². The number of nitrogens with zero attached hydrogens (tertiary/aromatic N) is 2. The van der Waals surface area contributed by atoms with Gasteiger partial charge in [-0.2, -0.15) is 0 Å². The maximum atomic E-state index is 12.5. The molecule has 1 amide bonds. The van der Waals surface area contributed by atoms with E-state index in [1.807, 2.05) is 45.9 Å². The third-order valence-corrected chi connectivity index (χ3v) is 9.71. The van der Waals surface area contributed by atoms with Crippen LogP contribution in [0.15, 0.2) is 85.1 Å². The molecule has 0 saturated carbocycles. The van der Waals surface area contributed by atoms with Crippen LogP contribution in [0.2, 0.25) is 0 Å². The number of alkyl halides is 1. The number of amides is 1. The van der Waals surface area contributed by atoms with Crippen LogP contribution < -0.4 is 15.0 Å². The molecule has 11 heteroatoms. The fraction of sp³-hybridized carbons (Fsp3) is 0.367. The van der Waals surface area contributed by atoms with Crippen molar-refractivity contribution in [1.82, 2.24) is 9.97 Å². The second-order valence-electron chi connectivity index (χ2n) is 14.2. The molecule has 326 valence electrons. The Hall–Kier alpha value is -5.42. The number of methoxy groups -OCH3 is 1. The number of hydrogen-bond donors (Lipinski definition) is 4. The number of aromatic amines is 1. The molecule has 0 radical (unpaired) electrons. The zero-order valence-electron chi connectivity index (χ0n) is 36.8. The molecule has 2 aromatic heterocycles. The lowest BCUT2D eigenvalue weighted by atomic mass is 9.97. The van der Waals surface area contributed by atoms with E-state index in [-0.39, 0.29) is 18.9 Å². The van der Waals surface area contributed by atoms with Gasteiger partial charge in [-0.1, -0.05) is 57.7 Å². The number of pyridine rings is 1. The topological polar surface area (TPSA) is 137 Å². The quantitative estimate of drug-likeness (QED) is 0.0878. The number of aliphatic hydroxyl groups is 1. The first-order chi connectivity index (χ1) is 28.3. The van der Waals surface area contributed by atoms with Gasteiger partial charge in [-0.05, 0) is 118 Å². The highest BCUT2D eigenvalue weighted by molar-refractivity contribution is 6.15. The first-order valence-corrected chi connectivity index (χ1v) is 20.4. The summed E-state index contributed by atoms with van der Waals surface area (Å²) >= 11 is 4.64. The largest absolute Gasteiger partial charge is 0.507 e. The lowest BCUT2D eigenvalue weighted by molar-refractivity contribution is 0.0630. The highest BCUT2D eigenvalue weighted by Gasteiger charge is 2.22. The minimum Gasteiger partial charge on any atom is -0.507 e. The molecule has 4 aromatic carbocycles. The molecule has 0 saturated heterocycles. The van der Waals surface area contributed by atoms with E-state index in [1.54, 1.807) is 49.7 Å². The average molecular weight is 844 g/mol. The third kappa shape index (κ3) is 14.4. The lowest BCUT2D eigenvalue weighted by Crippen LogP contribution is -2.29. The van der Waals surface area contributed by atoms with Crippen molar-refractivity contribution in [2.75, 3.05) is 51.0 Å². The number of anilines is 2. The molecule has 4 N–H and O–H groups in total. The van der Waals surface area contributed by atoms with Crippen LogP contribution in [0.1, 0.15) is 90.2 Å². The molecule has 6 aromatic rings. The number of aryl methyl sites for hydroxylation is 3. The van der Waals surface area contributed by atoms with Crippen molar-refractivity contribution in [2.24, 2.45) is 0 Å². The number of phenolic OH excluding ortho intramolecular Hbond substituents is 1. The maximum absolute atomic E-state index is 12.5. The molecule has 3 heterocycles. The second-order valence-corrected chi connectivity index (χ2v) is 14.2. The Balaban J connectivity index is 0.000000472. The Morgan fingerprint density at radius 2 is 1.55 bits per heavy atom. The molecular formula is C49H67ClN4O6. The van der Waals surface area contributed by atoms with Crippen LogP contribution in [0, 0.1) is 27.7 Å². The van der Waals surface area contributed by atoms with Gasteiger partial charge in [-0.15, -0.1) is 11.6 Å². The summed E-state index contributed by atoms with van der Waals surface area (Å²) in [6.45, 7) is 18.2. The van der Waals surface area contributed by atoms with Gasteiger partial charge in [0.15, 0.2) is 6.29 Å². The smallest absolute Gasteiger partial charge is 0.255 e. The van der Waals surface area contributed by atoms with Crippen molar-refractivity contribution in [2.45, 2.75) is 81.3 Å². The van der Waals surface area contributed by atoms with Crippen molar-refractivity contribution in [1.29, 1.82) is 0 Å². The number of halogens is 1. The molecule has 0 spiro atoms. The molecule has 0 aliphatic carbocycles. The standard InChI is InChI=1S/C21H23N3O4.C14H15NO.C9H12.C2H6.CH3Cl.CH4O.CH4/c1-21(2,8-9-27-3)28-18-6-4-14(5-7-18)20(26)24-16-10-15-11-17(13-25)23-19(15)22-12-16;1-9-4-3-5-11-13(16)8-12-10(14(9)11)6-7-15(12)2;1-7-5-4-6-8(2)9(7)3;3*1-2;/h4-7,10-13H,8-9H2,1-3H3,(H,22,23)(H,24,26);3-5,8,16H,6-7H2,1-2H3;4-6H,1-3H3;1-2H3;1H3;2H,1H3;1H4. The summed E-state index contributed by atoms with van der Waals surface area (Å²) in [7, 11) is 4.74. The summed E-state index contributed by atoms with van der Waals surface area (Å²) in [5.74, 6) is 0.832. The molecule has 10 nitrogen and oxygen atoms in total. The molecule has 0 unspecified atom stereocenters. The van der Waals surface area contributed by atoms with E-state index < -0.39 is 0 Å². The molecule has 7 rings (SSSR count). The predicted molar refractivity (Wildman–Crippen MR) is 253 cm³/mol. The number of H-pyrrole nitrogens is 1. The first-order valence-electron chi connectivity index (χ1n) is 19.6. The Kier molecular flexibility index (Phi) is 22.7. The Morgan fingerprint density at radius 3 is 2.13 bits per heavy atom. The molecule has 0 fully saturated rings. The van der Waals surface area contributed by atoms with Crippen molar-refractivity contribution < 1.29 is 29.3 Å². The molecule has 0 atom stereocenters. The van der Waals surface area contributed by atoms with Gasteiger partial charge in [-0.25, -0.2) is 4.98 Å². The van der Waals surface area contributed by atoms with Crippen LogP contribution in [0.3, 0.4) is 0 Å². The molecule has 1 aliphatic heterocycles. The molecular weight excluding hydrogens is 776 g/mol. The molecule has 1 aliphatic rings. The van der Waals surface area contributed by atoms with E-state index in [1.165, 1.54) is 45.3 Å². The summed E-state index contributed by atoms with van der Waals surface area (Å²) in [6.07, 6.45) is 5.57. The summed E-state index contributed by atoms with van der Waals surface area (Å²) in [5, 5.41) is 22.8. The predicted octanol–water partition coefficient (Wildman–Crippen LogP) is 11.4. The zero-order chi connectivity index (χ0) is 44.3. The number of likely N-dealkylation sites (N-methyl/N-ethyl adjacent to an activating group) is 1. The van der Waals surface area contributed by atoms with Crippen LogP contribution in [0.4, 0.5) is 11.4 Å². The Labute approximate surface area is 362 Å². The van der Waals surface area contributed by atoms with Gasteiger partial charge >= 0.3 is 0 Å². The minimum atomic E-state index is -0.363. The van der Waals surface area contributed by atoms with Crippen molar-refractivity contribution in [3.8, 4) is 11.5 Å². The lowest BCUT2D eigenvalue weighted by Gasteiger charge is -2.26. The summed E-state index contributed by atoms with van der Waals surface area (Å²) in [6, 6.07) is 24.8. The maximum Gasteiger partial charge on any atom is 0.255 e. The Morgan fingerprint density at radius 1 is 0.950 bits per heavy atom. The molecule has 0 bridgehead atoms. The first kappa shape index (κ1) is 52.6. The van der Waals surface area contributed by atoms with Gasteiger partial charge in [0.2, 0.25) is 0 Å². The average Bonchev–Trinajstić information content (AvgIpc) is 3.84. The van der Waals surface area contributed by atoms with E-state index in [0.717, 1.165) is 43.6 Å². The number of aldehydes is 1. The zero-order valence-corrected chi connectivity index (χ0v) is 37.5. The number of rotatable bonds is 8. The van der Waals surface area contributed by atoms with E-state index >= 15 is 0 Å². The van der Waals surface area contributed by atoms with Crippen molar-refractivity contribution in [3.63, 3.8) is 0 Å². The molecule has 60 heavy (non-hydrogen) atoms. The normalized spacial score (nSPS) is 10.9. The van der Waals surface area contributed by atoms with Crippen LogP contribution in [0.5, 0.6) is 11.5 Å². The van der Waals surface area contributed by atoms with E-state index in [0.29, 0.717) is 40.7 Å². The number of hydrogen-bond acceptors (Lipinski definition) is 8. The van der Waals surface area contributed by atoms with Gasteiger partial charge in [0.1, 0.15) is 22.7 Å². The number of aliphatic hydroxyl groups excluding tert-OH is 1. The van der Waals surface area contributed by atoms with E-state index in [9.17, 15) is 14.7 Å². The second kappa shape index (κ2) is 25.9. The fourth-order valence-electron chi connectivity index (χ4n) is 6.36. The number of benzene rings is 4. The highest BCUT2D eigenvalue weighted by Crippen LogP contribution is 2.40. The Bertz CT molecular complexity index is 2210. The number of fused-ring (bicyclic) bond motifs is 4. The van der Waals surface area contributed by atoms with Crippen molar-refractivity contribution in [3.05, 3.63) is 124 Å². The van der Waals surface area contributed by atoms with Crippen LogP contribution in [0.25, 0.3) is 21.8 Å². The van der Waals surface area contributed by atoms with E-state index in [4.69, 9.17) is 14.6 Å². The number of carbonyl (C=O) groups excluding carboxylic acids is 2. The van der Waals surface area contributed by atoms with Crippen LogP contribution in [-0.4, -0.2) is 78.8 Å². The number of aromatic hydroxyl groups is 1. The number of ether oxygens (including phenoxy) is 2. The summed E-state index contributed by atoms with van der Waals surface area (Å²) in [5.41, 5.74) is 9.72. The number of carbonyl (C=O) groups is 2. The number of nitrogens with one attached hydrogen (secondary N) is 2. The fourth-order valence-corrected chi connectivity index (χ4v) is 6.36. The third-order valence-electron chi connectivity index (χ3n) is 9.71. The summed E-state index contributed by atoms with van der Waals surface area (Å²) in [4.78, 5) is 32.6. The van der Waals surface area contributed by atoms with Crippen LogP contribution in [-0.2, 0) is 11.2 Å². The summed E-state index contributed by atoms with van der Waals surface area (Å²) < 4.78 is 11.1. The monoisotopic (exact) mass is 842 g/mol. The minimum absolute atomic E-state index is 0. The van der Waals surface area contributed by atoms with Crippen molar-refractivity contribution >= 4 is 57.0 Å². The van der Waals surface area contributed by atoms with Gasteiger partial charge in [-0.3, -0.25) is 9.59 Å². The van der Waals surface area contributed by atoms with E-state index in [2.05, 4.69) is 90.8 Å². The number of aromatic nitrogens is 2. The highest BCUT2D eigenvalue weighted by atomic mass is 35.5. The van der Waals surface area contributed by atoms with Gasteiger partial charge in [0.05, 0.1) is 17.6 Å². The number of phenols is 1. The SMILES string of the molecule is C.CC.CCl.CO.COCCC(C)(C)Oc1ccc(C(=O)Nc2cnc3[nH]c(C=O)cc3c2)cc1.Cc1cccc(C)c1C.Cc1cccc2c(O)cc3c(c12)CCN3C. The van der Waals surface area contributed by atoms with Crippen LogP contribution >= 0.6 is 11.6 Å². The van der Waals surface area contributed by atoms with Gasteiger partial charge < -0.3 is 34.9 Å². The van der Waals surface area contributed by atoms with Gasteiger partial charge in [0.25, 0.3) is 5.91 Å².